The lowest BCUT2D eigenvalue weighted by Crippen LogP contribution is -2.18. The number of hydrogen-bond donors (Lipinski definition) is 2. The molecule has 1 atom stereocenters. The Morgan fingerprint density at radius 3 is 2.50 bits per heavy atom. The highest BCUT2D eigenvalue weighted by molar-refractivity contribution is 6.31. The Balaban J connectivity index is 3.40. The van der Waals surface area contributed by atoms with Crippen LogP contribution in [0.3, 0.4) is 0 Å². The molecular formula is C13H20ClNO3. The quantitative estimate of drug-likeness (QED) is 0.834. The van der Waals surface area contributed by atoms with Crippen LogP contribution in [0.2, 0.25) is 5.02 Å². The van der Waals surface area contributed by atoms with Crippen LogP contribution >= 0.6 is 11.6 Å². The maximum absolute atomic E-state index is 10.2. The van der Waals surface area contributed by atoms with Crippen LogP contribution in [0.25, 0.3) is 0 Å². The van der Waals surface area contributed by atoms with Gasteiger partial charge in [-0.1, -0.05) is 18.5 Å². The average molecular weight is 274 g/mol. The standard InChI is InChI=1S/C13H20ClNO3/c1-5-8-12(10(16)7-15-2)9(14)6-11(17-3)13(8)18-4/h6,10,15-16H,5,7H2,1-4H3. The maximum Gasteiger partial charge on any atom is 0.164 e. The van der Waals surface area contributed by atoms with Gasteiger partial charge in [0.15, 0.2) is 11.5 Å². The molecule has 2 N–H and O–H groups in total. The van der Waals surface area contributed by atoms with E-state index in [0.29, 0.717) is 35.1 Å². The highest BCUT2D eigenvalue weighted by Gasteiger charge is 2.22. The molecule has 0 radical (unpaired) electrons. The van der Waals surface area contributed by atoms with E-state index in [1.165, 1.54) is 0 Å². The van der Waals surface area contributed by atoms with Crippen molar-refractivity contribution in [2.45, 2.75) is 19.4 Å². The second-order valence-electron chi connectivity index (χ2n) is 3.91. The monoisotopic (exact) mass is 273 g/mol. The van der Waals surface area contributed by atoms with E-state index in [0.717, 1.165) is 5.56 Å². The van der Waals surface area contributed by atoms with Gasteiger partial charge in [0.25, 0.3) is 0 Å². The highest BCUT2D eigenvalue weighted by atomic mass is 35.5. The van der Waals surface area contributed by atoms with Crippen molar-refractivity contribution < 1.29 is 14.6 Å². The van der Waals surface area contributed by atoms with Crippen molar-refractivity contribution in [2.75, 3.05) is 27.8 Å². The molecule has 1 unspecified atom stereocenters. The Bertz CT molecular complexity index is 410. The fraction of sp³-hybridized carbons (Fsp3) is 0.538. The third kappa shape index (κ3) is 2.88. The van der Waals surface area contributed by atoms with Crippen molar-refractivity contribution in [1.82, 2.24) is 5.32 Å². The molecule has 0 aromatic heterocycles. The molecule has 1 rings (SSSR count). The molecular weight excluding hydrogens is 254 g/mol. The summed E-state index contributed by atoms with van der Waals surface area (Å²) in [6, 6.07) is 1.67. The number of nitrogens with one attached hydrogen (secondary N) is 1. The van der Waals surface area contributed by atoms with Crippen molar-refractivity contribution in [3.05, 3.63) is 22.2 Å². The summed E-state index contributed by atoms with van der Waals surface area (Å²) in [5, 5.41) is 13.6. The molecule has 5 heteroatoms. The first-order chi connectivity index (χ1) is 8.60. The lowest BCUT2D eigenvalue weighted by molar-refractivity contribution is 0.176. The number of halogens is 1. The molecule has 0 saturated carbocycles. The molecule has 0 aliphatic heterocycles. The molecule has 4 nitrogen and oxygen atoms in total. The van der Waals surface area contributed by atoms with Crippen LogP contribution in [-0.4, -0.2) is 32.9 Å². The van der Waals surface area contributed by atoms with Crippen molar-refractivity contribution in [2.24, 2.45) is 0 Å². The molecule has 1 aromatic carbocycles. The van der Waals surface area contributed by atoms with E-state index in [-0.39, 0.29) is 0 Å². The van der Waals surface area contributed by atoms with Gasteiger partial charge in [0.2, 0.25) is 0 Å². The van der Waals surface area contributed by atoms with Crippen molar-refractivity contribution >= 4 is 11.6 Å². The van der Waals surface area contributed by atoms with Crippen LogP contribution in [-0.2, 0) is 6.42 Å². The zero-order valence-corrected chi connectivity index (χ0v) is 12.0. The molecule has 0 saturated heterocycles. The van der Waals surface area contributed by atoms with Gasteiger partial charge in [-0.05, 0) is 13.5 Å². The van der Waals surface area contributed by atoms with Gasteiger partial charge in [-0.15, -0.1) is 0 Å². The summed E-state index contributed by atoms with van der Waals surface area (Å²) < 4.78 is 10.6. The molecule has 0 aliphatic rings. The van der Waals surface area contributed by atoms with E-state index >= 15 is 0 Å². The van der Waals surface area contributed by atoms with E-state index in [4.69, 9.17) is 21.1 Å². The Labute approximate surface area is 113 Å². The van der Waals surface area contributed by atoms with Gasteiger partial charge >= 0.3 is 0 Å². The van der Waals surface area contributed by atoms with E-state index in [1.807, 2.05) is 6.92 Å². The summed E-state index contributed by atoms with van der Waals surface area (Å²) in [4.78, 5) is 0. The summed E-state index contributed by atoms with van der Waals surface area (Å²) in [5.41, 5.74) is 1.58. The SMILES string of the molecule is CCc1c(OC)c(OC)cc(Cl)c1C(O)CNC. The predicted octanol–water partition coefficient (Wildman–Crippen LogP) is 2.17. The first-order valence-electron chi connectivity index (χ1n) is 5.86. The predicted molar refractivity (Wildman–Crippen MR) is 72.8 cm³/mol. The van der Waals surface area contributed by atoms with Gasteiger partial charge in [0.1, 0.15) is 0 Å². The maximum atomic E-state index is 10.2. The Morgan fingerprint density at radius 1 is 1.39 bits per heavy atom. The Morgan fingerprint density at radius 2 is 2.06 bits per heavy atom. The van der Waals surface area contributed by atoms with E-state index in [1.54, 1.807) is 27.3 Å². The van der Waals surface area contributed by atoms with Crippen LogP contribution in [0.15, 0.2) is 6.07 Å². The Kier molecular flexibility index (Phi) is 5.72. The minimum Gasteiger partial charge on any atom is -0.493 e. The number of likely N-dealkylation sites (N-methyl/N-ethyl adjacent to an activating group) is 1. The van der Waals surface area contributed by atoms with Gasteiger partial charge < -0.3 is 19.9 Å². The first kappa shape index (κ1) is 15.1. The fourth-order valence-electron chi connectivity index (χ4n) is 2.06. The van der Waals surface area contributed by atoms with Crippen LogP contribution in [0, 0.1) is 0 Å². The average Bonchev–Trinajstić information content (AvgIpc) is 2.37. The Hall–Kier alpha value is -0.970. The van der Waals surface area contributed by atoms with Crippen LogP contribution in [0.1, 0.15) is 24.2 Å². The highest BCUT2D eigenvalue weighted by Crippen LogP contribution is 2.40. The minimum absolute atomic E-state index is 0.433. The second kappa shape index (κ2) is 6.83. The topological polar surface area (TPSA) is 50.7 Å². The lowest BCUT2D eigenvalue weighted by Gasteiger charge is -2.21. The molecule has 0 bridgehead atoms. The van der Waals surface area contributed by atoms with Gasteiger partial charge in [0.05, 0.1) is 25.3 Å². The smallest absolute Gasteiger partial charge is 0.164 e. The third-order valence-corrected chi connectivity index (χ3v) is 3.16. The molecule has 0 fully saturated rings. The van der Waals surface area contributed by atoms with E-state index < -0.39 is 6.10 Å². The molecule has 0 aliphatic carbocycles. The minimum atomic E-state index is -0.669. The fourth-order valence-corrected chi connectivity index (χ4v) is 2.39. The van der Waals surface area contributed by atoms with Gasteiger partial charge in [-0.2, -0.15) is 0 Å². The van der Waals surface area contributed by atoms with Gasteiger partial charge in [0, 0.05) is 23.7 Å². The molecule has 1 aromatic rings. The van der Waals surface area contributed by atoms with Crippen LogP contribution in [0.5, 0.6) is 11.5 Å². The number of benzene rings is 1. The number of methoxy groups -OCH3 is 2. The van der Waals surface area contributed by atoms with E-state index in [9.17, 15) is 5.11 Å². The van der Waals surface area contributed by atoms with Crippen LogP contribution in [0.4, 0.5) is 0 Å². The van der Waals surface area contributed by atoms with Crippen molar-refractivity contribution in [1.29, 1.82) is 0 Å². The van der Waals surface area contributed by atoms with Crippen molar-refractivity contribution in [3.8, 4) is 11.5 Å². The van der Waals surface area contributed by atoms with Crippen LogP contribution < -0.4 is 14.8 Å². The number of rotatable bonds is 6. The first-order valence-corrected chi connectivity index (χ1v) is 6.24. The lowest BCUT2D eigenvalue weighted by atomic mass is 9.98. The zero-order valence-electron chi connectivity index (χ0n) is 11.2. The molecule has 0 amide bonds. The largest absolute Gasteiger partial charge is 0.493 e. The van der Waals surface area contributed by atoms with Gasteiger partial charge in [-0.3, -0.25) is 0 Å². The number of aliphatic hydroxyl groups excluding tert-OH is 1. The summed E-state index contributed by atoms with van der Waals surface area (Å²) in [7, 11) is 4.93. The third-order valence-electron chi connectivity index (χ3n) is 2.85. The summed E-state index contributed by atoms with van der Waals surface area (Å²) in [5.74, 6) is 1.22. The van der Waals surface area contributed by atoms with Crippen molar-refractivity contribution in [3.63, 3.8) is 0 Å². The molecule has 0 heterocycles. The number of aliphatic hydroxyl groups is 1. The molecule has 18 heavy (non-hydrogen) atoms. The summed E-state index contributed by atoms with van der Waals surface area (Å²) in [6.45, 7) is 2.42. The number of hydrogen-bond acceptors (Lipinski definition) is 4. The van der Waals surface area contributed by atoms with Gasteiger partial charge in [-0.25, -0.2) is 0 Å². The van der Waals surface area contributed by atoms with E-state index in [2.05, 4.69) is 5.32 Å². The second-order valence-corrected chi connectivity index (χ2v) is 4.32. The number of ether oxygens (including phenoxy) is 2. The normalized spacial score (nSPS) is 12.3. The molecule has 0 spiro atoms. The summed E-state index contributed by atoms with van der Waals surface area (Å²) >= 11 is 6.23. The molecule has 102 valence electrons. The zero-order chi connectivity index (χ0) is 13.7. The summed E-state index contributed by atoms with van der Waals surface area (Å²) in [6.07, 6.45) is 0.0354.